The Kier molecular flexibility index (Phi) is 2.50. The number of aryl methyl sites for hydroxylation is 3. The van der Waals surface area contributed by atoms with Crippen LogP contribution in [-0.4, -0.2) is 14.5 Å². The lowest BCUT2D eigenvalue weighted by atomic mass is 10.0. The van der Waals surface area contributed by atoms with E-state index in [1.165, 1.54) is 24.2 Å². The molecular formula is C13H17N3O. The Labute approximate surface area is 101 Å². The summed E-state index contributed by atoms with van der Waals surface area (Å²) in [6, 6.07) is 0. The maximum absolute atomic E-state index is 5.62. The molecule has 0 aliphatic heterocycles. The summed E-state index contributed by atoms with van der Waals surface area (Å²) in [5, 5.41) is 0. The van der Waals surface area contributed by atoms with Crippen molar-refractivity contribution in [2.24, 2.45) is 0 Å². The van der Waals surface area contributed by atoms with Gasteiger partial charge in [0.25, 0.3) is 0 Å². The quantitative estimate of drug-likeness (QED) is 0.797. The van der Waals surface area contributed by atoms with Crippen LogP contribution in [0.4, 0.5) is 0 Å². The number of hydrogen-bond acceptors (Lipinski definition) is 3. The van der Waals surface area contributed by atoms with Gasteiger partial charge in [-0.2, -0.15) is 0 Å². The molecule has 3 rings (SSSR count). The molecule has 0 aromatic carbocycles. The van der Waals surface area contributed by atoms with Gasteiger partial charge in [-0.3, -0.25) is 0 Å². The number of imidazole rings is 1. The number of fused-ring (bicyclic) bond motifs is 1. The molecule has 0 amide bonds. The summed E-state index contributed by atoms with van der Waals surface area (Å²) in [4.78, 5) is 8.89. The van der Waals surface area contributed by atoms with Crippen LogP contribution in [0, 0.1) is 13.8 Å². The molecule has 0 N–H and O–H groups in total. The third-order valence-corrected chi connectivity index (χ3v) is 3.49. The molecule has 0 unspecified atom stereocenters. The minimum Gasteiger partial charge on any atom is -0.444 e. The first-order valence-corrected chi connectivity index (χ1v) is 6.20. The highest BCUT2D eigenvalue weighted by Crippen LogP contribution is 2.21. The van der Waals surface area contributed by atoms with Gasteiger partial charge in [0, 0.05) is 5.69 Å². The predicted molar refractivity (Wildman–Crippen MR) is 63.9 cm³/mol. The fraction of sp³-hybridized carbons (Fsp3) is 0.538. The largest absolute Gasteiger partial charge is 0.444 e. The van der Waals surface area contributed by atoms with Crippen LogP contribution in [0.2, 0.25) is 0 Å². The minimum atomic E-state index is 0.705. The van der Waals surface area contributed by atoms with Crippen LogP contribution >= 0.6 is 0 Å². The molecule has 1 aliphatic rings. The number of oxazole rings is 1. The van der Waals surface area contributed by atoms with Crippen molar-refractivity contribution in [3.8, 4) is 0 Å². The molecule has 0 spiro atoms. The zero-order valence-electron chi connectivity index (χ0n) is 10.4. The van der Waals surface area contributed by atoms with Crippen molar-refractivity contribution in [1.82, 2.24) is 14.5 Å². The number of hydrogen-bond donors (Lipinski definition) is 0. The molecule has 0 atom stereocenters. The molecule has 2 aromatic heterocycles. The first-order chi connectivity index (χ1) is 8.24. The van der Waals surface area contributed by atoms with Crippen molar-refractivity contribution in [2.45, 2.75) is 46.1 Å². The lowest BCUT2D eigenvalue weighted by Crippen LogP contribution is -2.09. The average Bonchev–Trinajstić information content (AvgIpc) is 2.85. The Morgan fingerprint density at radius 1 is 1.29 bits per heavy atom. The summed E-state index contributed by atoms with van der Waals surface area (Å²) < 4.78 is 7.80. The van der Waals surface area contributed by atoms with Crippen molar-refractivity contribution in [3.63, 3.8) is 0 Å². The third kappa shape index (κ3) is 1.88. The van der Waals surface area contributed by atoms with Crippen LogP contribution in [0.15, 0.2) is 10.7 Å². The van der Waals surface area contributed by atoms with Crippen molar-refractivity contribution < 1.29 is 4.42 Å². The maximum Gasteiger partial charge on any atom is 0.214 e. The Hall–Kier alpha value is -1.58. The average molecular weight is 231 g/mol. The Balaban J connectivity index is 1.87. The first kappa shape index (κ1) is 10.6. The van der Waals surface area contributed by atoms with Crippen LogP contribution in [0.25, 0.3) is 0 Å². The summed E-state index contributed by atoms with van der Waals surface area (Å²) in [5.41, 5.74) is 3.61. The van der Waals surface area contributed by atoms with E-state index in [1.807, 2.05) is 20.2 Å². The molecule has 0 fully saturated rings. The van der Waals surface area contributed by atoms with E-state index in [2.05, 4.69) is 14.5 Å². The van der Waals surface area contributed by atoms with Gasteiger partial charge in [0.05, 0.1) is 17.7 Å². The smallest absolute Gasteiger partial charge is 0.214 e. The SMILES string of the molecule is Cc1nc(Cn2cnc3c2CCCC3)oc1C. The maximum atomic E-state index is 5.62. The second kappa shape index (κ2) is 4.02. The Bertz CT molecular complexity index is 519. The van der Waals surface area contributed by atoms with Gasteiger partial charge in [-0.1, -0.05) is 0 Å². The summed E-state index contributed by atoms with van der Waals surface area (Å²) in [5.74, 6) is 1.69. The molecule has 17 heavy (non-hydrogen) atoms. The van der Waals surface area contributed by atoms with Gasteiger partial charge in [0.1, 0.15) is 12.3 Å². The van der Waals surface area contributed by atoms with E-state index in [9.17, 15) is 0 Å². The topological polar surface area (TPSA) is 43.9 Å². The van der Waals surface area contributed by atoms with Gasteiger partial charge < -0.3 is 8.98 Å². The second-order valence-corrected chi connectivity index (χ2v) is 4.72. The summed E-state index contributed by atoms with van der Waals surface area (Å²) in [6.45, 7) is 4.64. The van der Waals surface area contributed by atoms with E-state index in [-0.39, 0.29) is 0 Å². The Morgan fingerprint density at radius 2 is 2.12 bits per heavy atom. The van der Waals surface area contributed by atoms with Crippen LogP contribution in [-0.2, 0) is 19.4 Å². The lowest BCUT2D eigenvalue weighted by molar-refractivity contribution is 0.452. The van der Waals surface area contributed by atoms with Crippen LogP contribution in [0.3, 0.4) is 0 Å². The van der Waals surface area contributed by atoms with Crippen LogP contribution in [0.1, 0.15) is 41.6 Å². The van der Waals surface area contributed by atoms with Gasteiger partial charge in [0.2, 0.25) is 5.89 Å². The molecule has 4 heteroatoms. The van der Waals surface area contributed by atoms with Crippen LogP contribution < -0.4 is 0 Å². The minimum absolute atomic E-state index is 0.705. The number of rotatable bonds is 2. The third-order valence-electron chi connectivity index (χ3n) is 3.49. The van der Waals surface area contributed by atoms with Crippen LogP contribution in [0.5, 0.6) is 0 Å². The molecule has 1 aliphatic carbocycles. The highest BCUT2D eigenvalue weighted by molar-refractivity contribution is 5.17. The fourth-order valence-electron chi connectivity index (χ4n) is 2.42. The lowest BCUT2D eigenvalue weighted by Gasteiger charge is -2.12. The fourth-order valence-corrected chi connectivity index (χ4v) is 2.42. The van der Waals surface area contributed by atoms with Crippen molar-refractivity contribution in [3.05, 3.63) is 35.1 Å². The van der Waals surface area contributed by atoms with Crippen molar-refractivity contribution in [1.29, 1.82) is 0 Å². The standard InChI is InChI=1S/C13H17N3O/c1-9-10(2)17-13(15-9)7-16-8-14-11-5-3-4-6-12(11)16/h8H,3-7H2,1-2H3. The van der Waals surface area contributed by atoms with Crippen molar-refractivity contribution in [2.75, 3.05) is 0 Å². The van der Waals surface area contributed by atoms with E-state index >= 15 is 0 Å². The molecule has 2 aromatic rings. The number of aromatic nitrogens is 3. The predicted octanol–water partition coefficient (Wildman–Crippen LogP) is 2.42. The van der Waals surface area contributed by atoms with E-state index < -0.39 is 0 Å². The number of nitrogens with zero attached hydrogens (tertiary/aromatic N) is 3. The normalized spacial score (nSPS) is 14.9. The highest BCUT2D eigenvalue weighted by atomic mass is 16.4. The summed E-state index contributed by atoms with van der Waals surface area (Å²) in [6.07, 6.45) is 6.70. The van der Waals surface area contributed by atoms with E-state index in [0.29, 0.717) is 6.54 Å². The zero-order valence-corrected chi connectivity index (χ0v) is 10.4. The van der Waals surface area contributed by atoms with Gasteiger partial charge in [-0.25, -0.2) is 9.97 Å². The molecular weight excluding hydrogens is 214 g/mol. The van der Waals surface area contributed by atoms with Crippen molar-refractivity contribution >= 4 is 0 Å². The summed E-state index contributed by atoms with van der Waals surface area (Å²) >= 11 is 0. The zero-order chi connectivity index (χ0) is 11.8. The molecule has 90 valence electrons. The molecule has 4 nitrogen and oxygen atoms in total. The van der Waals surface area contributed by atoms with Gasteiger partial charge >= 0.3 is 0 Å². The summed E-state index contributed by atoms with van der Waals surface area (Å²) in [7, 11) is 0. The van der Waals surface area contributed by atoms with E-state index in [4.69, 9.17) is 4.42 Å². The van der Waals surface area contributed by atoms with E-state index in [0.717, 1.165) is 30.2 Å². The monoisotopic (exact) mass is 231 g/mol. The molecule has 2 heterocycles. The highest BCUT2D eigenvalue weighted by Gasteiger charge is 2.16. The van der Waals surface area contributed by atoms with Gasteiger partial charge in [0.15, 0.2) is 0 Å². The van der Waals surface area contributed by atoms with E-state index in [1.54, 1.807) is 0 Å². The molecule has 0 saturated heterocycles. The van der Waals surface area contributed by atoms with Gasteiger partial charge in [-0.15, -0.1) is 0 Å². The Morgan fingerprint density at radius 3 is 2.88 bits per heavy atom. The second-order valence-electron chi connectivity index (χ2n) is 4.72. The molecule has 0 bridgehead atoms. The first-order valence-electron chi connectivity index (χ1n) is 6.20. The molecule has 0 radical (unpaired) electrons. The van der Waals surface area contributed by atoms with Gasteiger partial charge in [-0.05, 0) is 39.5 Å². The molecule has 0 saturated carbocycles.